The SMILES string of the molecule is Cc1c(OOCC=O)cccc1OOCCO. The van der Waals surface area contributed by atoms with E-state index in [0.717, 1.165) is 0 Å². The maximum Gasteiger partial charge on any atom is 0.172 e. The molecule has 0 aromatic heterocycles. The van der Waals surface area contributed by atoms with Crippen LogP contribution in [0.25, 0.3) is 0 Å². The quantitative estimate of drug-likeness (QED) is 0.314. The van der Waals surface area contributed by atoms with Crippen LogP contribution < -0.4 is 9.78 Å². The molecule has 1 aromatic carbocycles. The van der Waals surface area contributed by atoms with Gasteiger partial charge in [0.25, 0.3) is 0 Å². The van der Waals surface area contributed by atoms with E-state index in [1.54, 1.807) is 25.1 Å². The van der Waals surface area contributed by atoms with Crippen molar-refractivity contribution < 1.29 is 29.5 Å². The Balaban J connectivity index is 2.59. The van der Waals surface area contributed by atoms with E-state index >= 15 is 0 Å². The van der Waals surface area contributed by atoms with E-state index in [-0.39, 0.29) is 19.8 Å². The predicted octanol–water partition coefficient (Wildman–Crippen LogP) is 0.807. The van der Waals surface area contributed by atoms with E-state index < -0.39 is 0 Å². The number of aliphatic hydroxyl groups excluding tert-OH is 1. The fourth-order valence-corrected chi connectivity index (χ4v) is 1.04. The highest BCUT2D eigenvalue weighted by molar-refractivity contribution is 5.50. The molecular weight excluding hydrogens is 228 g/mol. The number of benzene rings is 1. The molecule has 0 amide bonds. The highest BCUT2D eigenvalue weighted by atomic mass is 17.2. The van der Waals surface area contributed by atoms with E-state index in [9.17, 15) is 4.79 Å². The van der Waals surface area contributed by atoms with Gasteiger partial charge >= 0.3 is 0 Å². The summed E-state index contributed by atoms with van der Waals surface area (Å²) in [5.74, 6) is 0.877. The van der Waals surface area contributed by atoms with Crippen LogP contribution in [0.4, 0.5) is 0 Å². The lowest BCUT2D eigenvalue weighted by atomic mass is 10.2. The number of aldehydes is 1. The first kappa shape index (κ1) is 13.4. The Bertz CT molecular complexity index is 352. The van der Waals surface area contributed by atoms with E-state index in [4.69, 9.17) is 19.8 Å². The van der Waals surface area contributed by atoms with Crippen LogP contribution in [0, 0.1) is 6.92 Å². The number of hydrogen-bond donors (Lipinski definition) is 1. The summed E-state index contributed by atoms with van der Waals surface area (Å²) in [5, 5.41) is 8.53. The van der Waals surface area contributed by atoms with Gasteiger partial charge in [0.1, 0.15) is 19.5 Å². The first-order valence-corrected chi connectivity index (χ1v) is 5.02. The summed E-state index contributed by atoms with van der Waals surface area (Å²) in [6.45, 7) is 1.55. The molecule has 6 heteroatoms. The molecule has 94 valence electrons. The maximum absolute atomic E-state index is 10.0. The van der Waals surface area contributed by atoms with Crippen molar-refractivity contribution in [3.05, 3.63) is 23.8 Å². The van der Waals surface area contributed by atoms with Gasteiger partial charge in [-0.1, -0.05) is 6.07 Å². The van der Waals surface area contributed by atoms with Crippen molar-refractivity contribution in [1.29, 1.82) is 0 Å². The maximum atomic E-state index is 10.0. The van der Waals surface area contributed by atoms with Gasteiger partial charge in [-0.05, 0) is 19.1 Å². The van der Waals surface area contributed by atoms with Crippen molar-refractivity contribution in [2.75, 3.05) is 19.8 Å². The minimum atomic E-state index is -0.147. The van der Waals surface area contributed by atoms with Crippen LogP contribution in [-0.4, -0.2) is 31.2 Å². The molecule has 0 aliphatic heterocycles. The van der Waals surface area contributed by atoms with Crippen molar-refractivity contribution in [2.45, 2.75) is 6.92 Å². The van der Waals surface area contributed by atoms with Gasteiger partial charge in [0, 0.05) is 5.56 Å². The van der Waals surface area contributed by atoms with Crippen LogP contribution in [0.5, 0.6) is 11.5 Å². The number of rotatable bonds is 8. The van der Waals surface area contributed by atoms with E-state index in [1.165, 1.54) is 0 Å². The Morgan fingerprint density at radius 2 is 1.88 bits per heavy atom. The van der Waals surface area contributed by atoms with Crippen LogP contribution >= 0.6 is 0 Å². The Hall–Kier alpha value is -1.63. The van der Waals surface area contributed by atoms with E-state index in [2.05, 4.69) is 4.89 Å². The third-order valence-electron chi connectivity index (χ3n) is 1.84. The zero-order valence-electron chi connectivity index (χ0n) is 9.42. The molecule has 0 unspecified atom stereocenters. The topological polar surface area (TPSA) is 74.2 Å². The third kappa shape index (κ3) is 4.39. The summed E-state index contributed by atoms with van der Waals surface area (Å²) in [5.41, 5.74) is 0.663. The fraction of sp³-hybridized carbons (Fsp3) is 0.364. The largest absolute Gasteiger partial charge is 0.394 e. The van der Waals surface area contributed by atoms with Crippen molar-refractivity contribution in [3.8, 4) is 11.5 Å². The van der Waals surface area contributed by atoms with Crippen molar-refractivity contribution in [3.63, 3.8) is 0 Å². The zero-order chi connectivity index (χ0) is 12.5. The normalized spacial score (nSPS) is 10.0. The monoisotopic (exact) mass is 242 g/mol. The highest BCUT2D eigenvalue weighted by Gasteiger charge is 2.08. The summed E-state index contributed by atoms with van der Waals surface area (Å²) in [7, 11) is 0. The molecule has 0 aliphatic carbocycles. The number of carbonyl (C=O) groups excluding carboxylic acids is 1. The molecule has 1 N–H and O–H groups in total. The lowest BCUT2D eigenvalue weighted by Crippen LogP contribution is -2.05. The van der Waals surface area contributed by atoms with Gasteiger partial charge in [-0.15, -0.1) is 0 Å². The van der Waals surface area contributed by atoms with Crippen molar-refractivity contribution in [2.24, 2.45) is 0 Å². The lowest BCUT2D eigenvalue weighted by molar-refractivity contribution is -0.215. The lowest BCUT2D eigenvalue weighted by Gasteiger charge is -2.10. The molecule has 0 radical (unpaired) electrons. The minimum absolute atomic E-state index is 0.0756. The molecule has 0 fully saturated rings. The second-order valence-electron chi connectivity index (χ2n) is 3.04. The predicted molar refractivity (Wildman–Crippen MR) is 57.5 cm³/mol. The highest BCUT2D eigenvalue weighted by Crippen LogP contribution is 2.27. The molecule has 1 rings (SSSR count). The molecule has 6 nitrogen and oxygen atoms in total. The van der Waals surface area contributed by atoms with E-state index in [1.807, 2.05) is 0 Å². The minimum Gasteiger partial charge on any atom is -0.394 e. The Morgan fingerprint density at radius 1 is 1.24 bits per heavy atom. The van der Waals surface area contributed by atoms with Gasteiger partial charge in [-0.2, -0.15) is 9.78 Å². The van der Waals surface area contributed by atoms with Gasteiger partial charge in [0.05, 0.1) is 6.61 Å². The van der Waals surface area contributed by atoms with Crippen LogP contribution in [0.2, 0.25) is 0 Å². The number of aliphatic hydroxyl groups is 1. The number of carbonyl (C=O) groups is 1. The molecular formula is C11H14O6. The summed E-state index contributed by atoms with van der Waals surface area (Å²) in [6.07, 6.45) is 0.583. The molecule has 0 atom stereocenters. The van der Waals surface area contributed by atoms with Gasteiger partial charge < -0.3 is 19.7 Å². The van der Waals surface area contributed by atoms with Gasteiger partial charge in [-0.25, -0.2) is 0 Å². The Morgan fingerprint density at radius 3 is 2.47 bits per heavy atom. The molecule has 17 heavy (non-hydrogen) atoms. The second kappa shape index (κ2) is 7.61. The molecule has 0 heterocycles. The Labute approximate surface area is 98.5 Å². The first-order chi connectivity index (χ1) is 8.29. The van der Waals surface area contributed by atoms with Gasteiger partial charge in [0.2, 0.25) is 0 Å². The third-order valence-corrected chi connectivity index (χ3v) is 1.84. The molecule has 0 saturated carbocycles. The van der Waals surface area contributed by atoms with Crippen LogP contribution in [-0.2, 0) is 14.6 Å². The van der Waals surface area contributed by atoms with Crippen LogP contribution in [0.15, 0.2) is 18.2 Å². The molecule has 0 bridgehead atoms. The summed E-state index contributed by atoms with van der Waals surface area (Å²) in [6, 6.07) is 5.03. The standard InChI is InChI=1S/C11H14O6/c1-9-10(16-14-7-5-12)3-2-4-11(9)17-15-8-6-13/h2-5,13H,6-8H2,1H3. The Kier molecular flexibility index (Phi) is 6.02. The average Bonchev–Trinajstić information content (AvgIpc) is 2.34. The fourth-order valence-electron chi connectivity index (χ4n) is 1.04. The number of hydrogen-bond acceptors (Lipinski definition) is 6. The van der Waals surface area contributed by atoms with Gasteiger partial charge in [-0.3, -0.25) is 0 Å². The molecule has 1 aromatic rings. The average molecular weight is 242 g/mol. The second-order valence-corrected chi connectivity index (χ2v) is 3.04. The summed E-state index contributed by atoms with van der Waals surface area (Å²) < 4.78 is 0. The van der Waals surface area contributed by atoms with Gasteiger partial charge in [0.15, 0.2) is 11.5 Å². The van der Waals surface area contributed by atoms with Crippen molar-refractivity contribution >= 4 is 6.29 Å². The molecule has 0 spiro atoms. The molecule has 0 aliphatic rings. The first-order valence-electron chi connectivity index (χ1n) is 5.02. The zero-order valence-corrected chi connectivity index (χ0v) is 9.42. The van der Waals surface area contributed by atoms with Crippen LogP contribution in [0.1, 0.15) is 5.56 Å². The summed E-state index contributed by atoms with van der Waals surface area (Å²) in [4.78, 5) is 29.3. The van der Waals surface area contributed by atoms with Crippen molar-refractivity contribution in [1.82, 2.24) is 0 Å². The molecule has 0 saturated heterocycles. The van der Waals surface area contributed by atoms with E-state index in [0.29, 0.717) is 23.3 Å². The summed E-state index contributed by atoms with van der Waals surface area (Å²) >= 11 is 0. The smallest absolute Gasteiger partial charge is 0.172 e. The van der Waals surface area contributed by atoms with Crippen LogP contribution in [0.3, 0.4) is 0 Å².